The van der Waals surface area contributed by atoms with E-state index in [4.69, 9.17) is 0 Å². The van der Waals surface area contributed by atoms with E-state index in [0.29, 0.717) is 0 Å². The third-order valence-electron chi connectivity index (χ3n) is 14.1. The molecule has 7 aromatic heterocycles. The average molecular weight is 1770 g/mol. The van der Waals surface area contributed by atoms with Crippen LogP contribution in [0.3, 0.4) is 0 Å². The van der Waals surface area contributed by atoms with E-state index in [9.17, 15) is 0 Å². The second-order valence-electron chi connectivity index (χ2n) is 21.1. The maximum absolute atomic E-state index is 4.40. The number of benzene rings is 8. The molecule has 7 heterocycles. The van der Waals surface area contributed by atoms with Crippen molar-refractivity contribution in [3.63, 3.8) is 0 Å². The number of nitrogens with zero attached hydrogens (tertiary/aromatic N) is 7. The minimum absolute atomic E-state index is 0. The van der Waals surface area contributed by atoms with E-state index in [-0.39, 0.29) is 60.3 Å². The molecule has 10 heteroatoms. The molecule has 477 valence electrons. The first-order chi connectivity index (χ1) is 45.9. The van der Waals surface area contributed by atoms with Crippen LogP contribution in [0.5, 0.6) is 0 Å². The molecule has 0 aliphatic heterocycles. The average Bonchev–Trinajstić information content (AvgIpc) is 1.94. The van der Waals surface area contributed by atoms with Crippen molar-refractivity contribution in [2.45, 2.75) is 20.8 Å². The molecule has 0 fully saturated rings. The van der Waals surface area contributed by atoms with Gasteiger partial charge in [-0.25, -0.2) is 0 Å². The van der Waals surface area contributed by atoms with E-state index in [2.05, 4.69) is 126 Å². The zero-order chi connectivity index (χ0) is 63.9. The fourth-order valence-corrected chi connectivity index (χ4v) is 9.24. The summed E-state index contributed by atoms with van der Waals surface area (Å²) in [7, 11) is 0. The molecule has 0 aliphatic rings. The molecule has 8 aromatic carbocycles. The number of aromatic nitrogens is 7. The maximum atomic E-state index is 4.40. The summed E-state index contributed by atoms with van der Waals surface area (Å²) >= 11 is 0. The summed E-state index contributed by atoms with van der Waals surface area (Å²) in [6.07, 6.45) is 12.9. The molecule has 0 saturated heterocycles. The van der Waals surface area contributed by atoms with Gasteiger partial charge in [0.15, 0.2) is 0 Å². The van der Waals surface area contributed by atoms with Gasteiger partial charge < -0.3 is 29.9 Å². The Labute approximate surface area is 605 Å². The third-order valence-corrected chi connectivity index (χ3v) is 14.1. The molecule has 0 unspecified atom stereocenters. The van der Waals surface area contributed by atoms with E-state index >= 15 is 0 Å². The van der Waals surface area contributed by atoms with Crippen LogP contribution in [0, 0.1) is 57.2 Å². The van der Waals surface area contributed by atoms with Gasteiger partial charge >= 0.3 is 0 Å². The second kappa shape index (κ2) is 40.1. The van der Waals surface area contributed by atoms with Crippen molar-refractivity contribution in [1.82, 2.24) is 34.9 Å². The van der Waals surface area contributed by atoms with E-state index in [1.165, 1.54) is 38.9 Å². The summed E-state index contributed by atoms with van der Waals surface area (Å²) in [5, 5.41) is 0. The van der Waals surface area contributed by atoms with Gasteiger partial charge in [0.25, 0.3) is 0 Å². The molecule has 7 nitrogen and oxygen atoms in total. The summed E-state index contributed by atoms with van der Waals surface area (Å²) in [5.74, 6) is 0. The van der Waals surface area contributed by atoms with Crippen molar-refractivity contribution in [2.75, 3.05) is 0 Å². The standard InChI is InChI=1S/2C17H12N.C16H11N2.3C12H10N.3Ir/c2*1-3-7-14(8-4-1)16-11-12-18-17(13-16)15-9-5-2-6-10-15;1-2-6-13(7-3-1)16-12-14(9-11-18-16)15-8-4-5-10-17-15;3*1-10-7-8-12(13-9-10)11-5-3-2-4-6-11;;;/h2*1-9,11-13H;1-6,8-12H;3*2-5,7-9H,1H3;;;/q6*-1;;;. The van der Waals surface area contributed by atoms with Crippen molar-refractivity contribution in [1.29, 1.82) is 0 Å². The van der Waals surface area contributed by atoms with E-state index in [0.717, 1.165) is 78.8 Å². The van der Waals surface area contributed by atoms with Crippen molar-refractivity contribution in [3.05, 3.63) is 394 Å². The Kier molecular flexibility index (Phi) is 30.6. The number of hydrogen-bond acceptors (Lipinski definition) is 7. The molecule has 0 bridgehead atoms. The fraction of sp³-hybridized carbons (Fsp3) is 0.0349. The van der Waals surface area contributed by atoms with E-state index in [1.807, 2.05) is 294 Å². The van der Waals surface area contributed by atoms with Crippen molar-refractivity contribution >= 4 is 0 Å². The second-order valence-corrected chi connectivity index (χ2v) is 21.1. The third kappa shape index (κ3) is 23.0. The molecule has 0 spiro atoms. The minimum Gasteiger partial charge on any atom is -0.305 e. The zero-order valence-electron chi connectivity index (χ0n) is 53.0. The minimum atomic E-state index is 0. The predicted molar refractivity (Wildman–Crippen MR) is 379 cm³/mol. The van der Waals surface area contributed by atoms with Gasteiger partial charge in [0.2, 0.25) is 0 Å². The maximum Gasteiger partial charge on any atom is 0.0695 e. The Bertz CT molecular complexity index is 3930. The van der Waals surface area contributed by atoms with Crippen LogP contribution in [0.2, 0.25) is 0 Å². The number of aryl methyl sites for hydroxylation is 3. The Hall–Kier alpha value is -10.2. The first-order valence-corrected chi connectivity index (χ1v) is 30.4. The van der Waals surface area contributed by atoms with Crippen LogP contribution in [0.25, 0.3) is 101 Å². The summed E-state index contributed by atoms with van der Waals surface area (Å²) in [4.78, 5) is 30.5. The summed E-state index contributed by atoms with van der Waals surface area (Å²) in [5.41, 5.74) is 22.3. The molecule has 0 amide bonds. The van der Waals surface area contributed by atoms with E-state index in [1.54, 1.807) is 12.4 Å². The smallest absolute Gasteiger partial charge is 0.0695 e. The SMILES string of the molecule is Cc1ccc(-c2[c-]cccc2)nc1.Cc1ccc(-c2[c-]cccc2)nc1.Cc1ccc(-c2[c-]cccc2)nc1.[Ir].[Ir].[Ir].[c-]1ccccc1-c1cc(-c2ccccc2)ccn1.[c-]1ccccc1-c1cc(-c2ccccc2)ccn1.[c-]1ccccc1-c1cc(-c2ccccn2)ccn1. The topological polar surface area (TPSA) is 90.2 Å². The van der Waals surface area contributed by atoms with Crippen LogP contribution in [0.4, 0.5) is 0 Å². The molecule has 15 rings (SSSR count). The van der Waals surface area contributed by atoms with Gasteiger partial charge in [0.05, 0.1) is 5.69 Å². The van der Waals surface area contributed by atoms with Crippen LogP contribution >= 0.6 is 0 Å². The van der Waals surface area contributed by atoms with Gasteiger partial charge in [-0.2, -0.15) is 0 Å². The van der Waals surface area contributed by atoms with Gasteiger partial charge in [0, 0.05) is 104 Å². The molecule has 0 N–H and O–H groups in total. The van der Waals surface area contributed by atoms with E-state index < -0.39 is 0 Å². The fourth-order valence-electron chi connectivity index (χ4n) is 9.24. The summed E-state index contributed by atoms with van der Waals surface area (Å²) in [6, 6.07) is 117. The molecular formula is C86H65Ir3N7-6. The molecule has 0 atom stereocenters. The largest absolute Gasteiger partial charge is 0.305 e. The van der Waals surface area contributed by atoms with Crippen LogP contribution in [-0.4, -0.2) is 34.9 Å². The van der Waals surface area contributed by atoms with Gasteiger partial charge in [0.1, 0.15) is 0 Å². The normalized spacial score (nSPS) is 9.78. The van der Waals surface area contributed by atoms with Crippen molar-refractivity contribution < 1.29 is 60.3 Å². The zero-order valence-corrected chi connectivity index (χ0v) is 60.1. The number of hydrogen-bond donors (Lipinski definition) is 0. The van der Waals surface area contributed by atoms with Crippen molar-refractivity contribution in [3.8, 4) is 101 Å². The molecule has 0 saturated carbocycles. The van der Waals surface area contributed by atoms with Crippen LogP contribution in [0.15, 0.2) is 341 Å². The van der Waals surface area contributed by atoms with Gasteiger partial charge in [-0.3, -0.25) is 4.98 Å². The van der Waals surface area contributed by atoms with Crippen LogP contribution < -0.4 is 0 Å². The molecule has 3 radical (unpaired) electrons. The Morgan fingerprint density at radius 1 is 0.198 bits per heavy atom. The molecule has 15 aromatic rings. The Morgan fingerprint density at radius 3 is 0.740 bits per heavy atom. The molecule has 96 heavy (non-hydrogen) atoms. The Balaban J connectivity index is 0.000000163. The first kappa shape index (κ1) is 73.2. The predicted octanol–water partition coefficient (Wildman–Crippen LogP) is 20.6. The van der Waals surface area contributed by atoms with Crippen LogP contribution in [-0.2, 0) is 60.3 Å². The molecule has 0 aliphatic carbocycles. The van der Waals surface area contributed by atoms with Gasteiger partial charge in [-0.05, 0) is 130 Å². The quantitative estimate of drug-likeness (QED) is 0.133. The molecular weight excluding hydrogens is 1710 g/mol. The van der Waals surface area contributed by atoms with Crippen molar-refractivity contribution in [2.24, 2.45) is 0 Å². The monoisotopic (exact) mass is 1770 g/mol. The number of pyridine rings is 7. The van der Waals surface area contributed by atoms with Gasteiger partial charge in [-0.1, -0.05) is 121 Å². The van der Waals surface area contributed by atoms with Gasteiger partial charge in [-0.15, -0.1) is 215 Å². The summed E-state index contributed by atoms with van der Waals surface area (Å²) < 4.78 is 0. The Morgan fingerprint density at radius 2 is 0.469 bits per heavy atom. The number of rotatable bonds is 9. The first-order valence-electron chi connectivity index (χ1n) is 30.4. The van der Waals surface area contributed by atoms with Crippen LogP contribution in [0.1, 0.15) is 16.7 Å². The summed E-state index contributed by atoms with van der Waals surface area (Å²) in [6.45, 7) is 6.10.